The molecule has 0 heterocycles. The van der Waals surface area contributed by atoms with Crippen molar-refractivity contribution in [3.63, 3.8) is 0 Å². The van der Waals surface area contributed by atoms with Crippen molar-refractivity contribution in [2.24, 2.45) is 0 Å². The van der Waals surface area contributed by atoms with Crippen molar-refractivity contribution in [1.29, 1.82) is 0 Å². The van der Waals surface area contributed by atoms with Gasteiger partial charge in [0.15, 0.2) is 0 Å². The van der Waals surface area contributed by atoms with Crippen molar-refractivity contribution in [3.8, 4) is 0 Å². The fourth-order valence-electron chi connectivity index (χ4n) is 0.985. The van der Waals surface area contributed by atoms with Crippen LogP contribution in [0.2, 0.25) is 0 Å². The zero-order valence-electron chi connectivity index (χ0n) is 9.41. The molecular weight excluding hydrogens is 244 g/mol. The molecule has 0 aliphatic heterocycles. The Bertz CT molecular complexity index is 513. The normalized spacial score (nSPS) is 11.4. The van der Waals surface area contributed by atoms with Crippen LogP contribution in [-0.4, -0.2) is 21.5 Å². The van der Waals surface area contributed by atoms with Gasteiger partial charge >= 0.3 is 16.1 Å². The first-order chi connectivity index (χ1) is 7.95. The number of hydrogen-bond donors (Lipinski definition) is 0. The van der Waals surface area contributed by atoms with Crippen LogP contribution in [0, 0.1) is 6.92 Å². The van der Waals surface area contributed by atoms with Crippen molar-refractivity contribution < 1.29 is 22.1 Å². The second kappa shape index (κ2) is 5.49. The van der Waals surface area contributed by atoms with Crippen molar-refractivity contribution in [2.75, 3.05) is 7.11 Å². The Balaban J connectivity index is 2.79. The lowest BCUT2D eigenvalue weighted by Gasteiger charge is -2.02. The van der Waals surface area contributed by atoms with Gasteiger partial charge in [-0.1, -0.05) is 17.7 Å². The maximum Gasteiger partial charge on any atom is 0.338 e. The molecule has 1 aromatic carbocycles. The Morgan fingerprint density at radius 2 is 1.82 bits per heavy atom. The number of carbonyl (C=O) groups excluding carboxylic acids is 1. The van der Waals surface area contributed by atoms with Gasteiger partial charge in [0, 0.05) is 0 Å². The van der Waals surface area contributed by atoms with Gasteiger partial charge < -0.3 is 8.92 Å². The SMILES string of the molecule is COC(=O)/C=C\OS(=O)(=O)c1ccc(C)cc1. The third-order valence-electron chi connectivity index (χ3n) is 1.90. The number of hydrogen-bond acceptors (Lipinski definition) is 5. The summed E-state index contributed by atoms with van der Waals surface area (Å²) in [5.41, 5.74) is 0.939. The average molecular weight is 256 g/mol. The smallest absolute Gasteiger partial charge is 0.338 e. The van der Waals surface area contributed by atoms with Crippen molar-refractivity contribution in [1.82, 2.24) is 0 Å². The van der Waals surface area contributed by atoms with Crippen LogP contribution in [0.4, 0.5) is 0 Å². The molecule has 0 aliphatic carbocycles. The molecule has 1 rings (SSSR count). The molecule has 0 unspecified atom stereocenters. The highest BCUT2D eigenvalue weighted by Gasteiger charge is 2.13. The summed E-state index contributed by atoms with van der Waals surface area (Å²) in [6.07, 6.45) is 1.66. The predicted molar refractivity (Wildman–Crippen MR) is 60.6 cm³/mol. The minimum Gasteiger partial charge on any atom is -0.466 e. The minimum absolute atomic E-state index is 0.0256. The van der Waals surface area contributed by atoms with Gasteiger partial charge in [0.05, 0.1) is 13.2 Å². The van der Waals surface area contributed by atoms with E-state index >= 15 is 0 Å². The monoisotopic (exact) mass is 256 g/mol. The third-order valence-corrected chi connectivity index (χ3v) is 3.11. The van der Waals surface area contributed by atoms with Gasteiger partial charge in [-0.15, -0.1) is 0 Å². The molecule has 0 aliphatic rings. The van der Waals surface area contributed by atoms with Gasteiger partial charge in [-0.2, -0.15) is 8.42 Å². The summed E-state index contributed by atoms with van der Waals surface area (Å²) in [5.74, 6) is -0.691. The molecule has 17 heavy (non-hydrogen) atoms. The molecule has 5 nitrogen and oxygen atoms in total. The predicted octanol–water partition coefficient (Wildman–Crippen LogP) is 1.39. The molecule has 1 aromatic rings. The largest absolute Gasteiger partial charge is 0.466 e. The van der Waals surface area contributed by atoms with E-state index in [-0.39, 0.29) is 4.90 Å². The van der Waals surface area contributed by atoms with Gasteiger partial charge in [-0.25, -0.2) is 4.79 Å². The molecule has 0 bridgehead atoms. The number of rotatable bonds is 4. The molecule has 0 aromatic heterocycles. The highest BCUT2D eigenvalue weighted by Crippen LogP contribution is 2.13. The zero-order chi connectivity index (χ0) is 12.9. The molecule has 0 radical (unpaired) electrons. The summed E-state index contributed by atoms with van der Waals surface area (Å²) in [6, 6.07) is 6.16. The lowest BCUT2D eigenvalue weighted by atomic mass is 10.2. The summed E-state index contributed by atoms with van der Waals surface area (Å²) < 4.78 is 32.0. The minimum atomic E-state index is -3.88. The molecule has 0 N–H and O–H groups in total. The van der Waals surface area contributed by atoms with Crippen molar-refractivity contribution in [2.45, 2.75) is 11.8 Å². The van der Waals surface area contributed by atoms with E-state index in [1.165, 1.54) is 19.2 Å². The fourth-order valence-corrected chi connectivity index (χ4v) is 1.77. The van der Waals surface area contributed by atoms with Crippen LogP contribution in [0.5, 0.6) is 0 Å². The van der Waals surface area contributed by atoms with Crippen LogP contribution in [0.3, 0.4) is 0 Å². The van der Waals surface area contributed by atoms with Gasteiger partial charge in [-0.05, 0) is 19.1 Å². The quantitative estimate of drug-likeness (QED) is 0.352. The van der Waals surface area contributed by atoms with Crippen LogP contribution in [-0.2, 0) is 23.8 Å². The Hall–Kier alpha value is -1.82. The standard InChI is InChI=1S/C11H12O5S/c1-9-3-5-10(6-4-9)17(13,14)16-8-7-11(12)15-2/h3-8H,1-2H3/b8-7-. The fraction of sp³-hybridized carbons (Fsp3) is 0.182. The molecule has 0 spiro atoms. The zero-order valence-corrected chi connectivity index (χ0v) is 10.2. The molecular formula is C11H12O5S. The van der Waals surface area contributed by atoms with E-state index in [9.17, 15) is 13.2 Å². The van der Waals surface area contributed by atoms with E-state index in [1.54, 1.807) is 12.1 Å². The Morgan fingerprint density at radius 3 is 2.35 bits per heavy atom. The second-order valence-electron chi connectivity index (χ2n) is 3.19. The number of benzene rings is 1. The number of ether oxygens (including phenoxy) is 1. The second-order valence-corrected chi connectivity index (χ2v) is 4.76. The van der Waals surface area contributed by atoms with Gasteiger partial charge in [0.2, 0.25) is 0 Å². The molecule has 6 heteroatoms. The average Bonchev–Trinajstić information content (AvgIpc) is 2.29. The van der Waals surface area contributed by atoms with Crippen molar-refractivity contribution >= 4 is 16.1 Å². The van der Waals surface area contributed by atoms with Gasteiger partial charge in [0.1, 0.15) is 11.2 Å². The molecule has 0 atom stereocenters. The van der Waals surface area contributed by atoms with Crippen LogP contribution in [0.15, 0.2) is 41.5 Å². The molecule has 0 amide bonds. The maximum atomic E-state index is 11.6. The lowest BCUT2D eigenvalue weighted by molar-refractivity contribution is -0.134. The summed E-state index contributed by atoms with van der Waals surface area (Å²) in [4.78, 5) is 10.7. The number of esters is 1. The topological polar surface area (TPSA) is 69.7 Å². The van der Waals surface area contributed by atoms with E-state index in [4.69, 9.17) is 0 Å². The van der Waals surface area contributed by atoms with E-state index in [0.29, 0.717) is 0 Å². The van der Waals surface area contributed by atoms with Gasteiger partial charge in [-0.3, -0.25) is 0 Å². The summed E-state index contributed by atoms with van der Waals surface area (Å²) >= 11 is 0. The Kier molecular flexibility index (Phi) is 4.28. The van der Waals surface area contributed by atoms with Crippen molar-refractivity contribution in [3.05, 3.63) is 42.2 Å². The first-order valence-electron chi connectivity index (χ1n) is 4.70. The first-order valence-corrected chi connectivity index (χ1v) is 6.11. The number of methoxy groups -OCH3 is 1. The molecule has 0 fully saturated rings. The first kappa shape index (κ1) is 13.2. The van der Waals surface area contributed by atoms with E-state index in [2.05, 4.69) is 8.92 Å². The summed E-state index contributed by atoms with van der Waals surface area (Å²) in [6.45, 7) is 1.84. The number of aryl methyl sites for hydroxylation is 1. The summed E-state index contributed by atoms with van der Waals surface area (Å²) in [7, 11) is -2.69. The Morgan fingerprint density at radius 1 is 1.24 bits per heavy atom. The molecule has 0 saturated carbocycles. The van der Waals surface area contributed by atoms with E-state index in [0.717, 1.165) is 17.9 Å². The van der Waals surface area contributed by atoms with Gasteiger partial charge in [0.25, 0.3) is 0 Å². The lowest BCUT2D eigenvalue weighted by Crippen LogP contribution is -2.03. The summed E-state index contributed by atoms with van der Waals surface area (Å²) in [5, 5.41) is 0. The van der Waals surface area contributed by atoms with Crippen LogP contribution in [0.1, 0.15) is 5.56 Å². The highest BCUT2D eigenvalue weighted by atomic mass is 32.2. The van der Waals surface area contributed by atoms with E-state index < -0.39 is 16.1 Å². The van der Waals surface area contributed by atoms with Crippen LogP contribution >= 0.6 is 0 Å². The Labute approximate surface area is 99.8 Å². The maximum absolute atomic E-state index is 11.6. The highest BCUT2D eigenvalue weighted by molar-refractivity contribution is 7.86. The molecule has 92 valence electrons. The molecule has 0 saturated heterocycles. The van der Waals surface area contributed by atoms with Crippen LogP contribution < -0.4 is 0 Å². The van der Waals surface area contributed by atoms with E-state index in [1.807, 2.05) is 6.92 Å². The number of carbonyl (C=O) groups is 1. The van der Waals surface area contributed by atoms with Crippen LogP contribution in [0.25, 0.3) is 0 Å². The third kappa shape index (κ3) is 3.92.